The average molecular weight is 310 g/mol. The monoisotopic (exact) mass is 309 g/mol. The summed E-state index contributed by atoms with van der Waals surface area (Å²) >= 11 is 6.05. The molecule has 1 N–H and O–H groups in total. The van der Waals surface area contributed by atoms with Crippen molar-refractivity contribution in [1.82, 2.24) is 10.4 Å². The zero-order valence-corrected chi connectivity index (χ0v) is 13.7. The first-order valence-electron chi connectivity index (χ1n) is 7.16. The van der Waals surface area contributed by atoms with E-state index in [0.717, 1.165) is 5.06 Å². The fraction of sp³-hybridized carbons (Fsp3) is 0.562. The summed E-state index contributed by atoms with van der Waals surface area (Å²) in [7, 11) is 0. The van der Waals surface area contributed by atoms with Gasteiger partial charge in [-0.3, -0.25) is 4.79 Å². The first kappa shape index (κ1) is 16.3. The standard InChI is InChI=1S/C16H22ClN2O2/c1-15(2)9-11(10-16(3,4)19(15)21)18-14(20)12-7-5-6-8-13(12)17/h5-8,11H,9-10H2,1-4H3,(H,18,20). The molecule has 1 fully saturated rings. The van der Waals surface area contributed by atoms with E-state index in [4.69, 9.17) is 11.6 Å². The van der Waals surface area contributed by atoms with Crippen molar-refractivity contribution < 1.29 is 10.0 Å². The van der Waals surface area contributed by atoms with E-state index in [1.807, 2.05) is 27.7 Å². The first-order chi connectivity index (χ1) is 9.63. The van der Waals surface area contributed by atoms with E-state index in [9.17, 15) is 10.0 Å². The van der Waals surface area contributed by atoms with Crippen LogP contribution in [0.4, 0.5) is 0 Å². The van der Waals surface area contributed by atoms with Gasteiger partial charge in [-0.1, -0.05) is 23.7 Å². The lowest BCUT2D eigenvalue weighted by atomic mass is 9.79. The lowest BCUT2D eigenvalue weighted by Crippen LogP contribution is -2.62. The summed E-state index contributed by atoms with van der Waals surface area (Å²) in [6, 6.07) is 6.95. The van der Waals surface area contributed by atoms with Gasteiger partial charge in [-0.15, -0.1) is 10.3 Å². The van der Waals surface area contributed by atoms with Gasteiger partial charge in [-0.05, 0) is 52.7 Å². The van der Waals surface area contributed by atoms with Crippen LogP contribution < -0.4 is 5.32 Å². The molecule has 1 amide bonds. The largest absolute Gasteiger partial charge is 0.349 e. The number of nitrogens with one attached hydrogen (secondary N) is 1. The summed E-state index contributed by atoms with van der Waals surface area (Å²) in [5, 5.41) is 16.9. The van der Waals surface area contributed by atoms with Crippen molar-refractivity contribution in [2.75, 3.05) is 0 Å². The molecule has 1 heterocycles. The Hall–Kier alpha value is -1.10. The number of rotatable bonds is 2. The van der Waals surface area contributed by atoms with Crippen molar-refractivity contribution in [2.24, 2.45) is 0 Å². The Bertz CT molecular complexity index is 525. The van der Waals surface area contributed by atoms with Crippen LogP contribution in [0.3, 0.4) is 0 Å². The fourth-order valence-electron chi connectivity index (χ4n) is 3.27. The van der Waals surface area contributed by atoms with Gasteiger partial charge in [0.1, 0.15) is 0 Å². The highest BCUT2D eigenvalue weighted by Crippen LogP contribution is 2.37. The van der Waals surface area contributed by atoms with Crippen LogP contribution in [0.25, 0.3) is 0 Å². The minimum absolute atomic E-state index is 0.0380. The number of hydrogen-bond donors (Lipinski definition) is 1. The number of benzene rings is 1. The molecular formula is C16H22ClN2O2. The molecular weight excluding hydrogens is 288 g/mol. The summed E-state index contributed by atoms with van der Waals surface area (Å²) in [4.78, 5) is 12.4. The minimum atomic E-state index is -0.500. The number of nitrogens with zero attached hydrogens (tertiary/aromatic N) is 1. The smallest absolute Gasteiger partial charge is 0.253 e. The lowest BCUT2D eigenvalue weighted by molar-refractivity contribution is -0.289. The molecule has 1 aromatic carbocycles. The number of hydroxylamine groups is 2. The third kappa shape index (κ3) is 3.39. The zero-order chi connectivity index (χ0) is 15.8. The predicted molar refractivity (Wildman–Crippen MR) is 82.6 cm³/mol. The summed E-state index contributed by atoms with van der Waals surface area (Å²) in [6.45, 7) is 7.65. The molecule has 21 heavy (non-hydrogen) atoms. The molecule has 4 nitrogen and oxygen atoms in total. The molecule has 1 radical (unpaired) electrons. The molecule has 0 atom stereocenters. The molecule has 2 rings (SSSR count). The highest BCUT2D eigenvalue weighted by Gasteiger charge is 2.46. The van der Waals surface area contributed by atoms with Gasteiger partial charge in [0, 0.05) is 17.1 Å². The highest BCUT2D eigenvalue weighted by atomic mass is 35.5. The Morgan fingerprint density at radius 3 is 2.24 bits per heavy atom. The van der Waals surface area contributed by atoms with Crippen LogP contribution in [0, 0.1) is 0 Å². The van der Waals surface area contributed by atoms with Crippen LogP contribution in [0.15, 0.2) is 24.3 Å². The molecule has 115 valence electrons. The molecule has 0 saturated carbocycles. The number of amides is 1. The number of carbonyl (C=O) groups is 1. The van der Waals surface area contributed by atoms with E-state index in [1.165, 1.54) is 0 Å². The molecule has 0 bridgehead atoms. The lowest BCUT2D eigenvalue weighted by Gasteiger charge is -2.50. The average Bonchev–Trinajstić information content (AvgIpc) is 2.35. The summed E-state index contributed by atoms with van der Waals surface area (Å²) in [6.07, 6.45) is 1.24. The highest BCUT2D eigenvalue weighted by molar-refractivity contribution is 6.33. The quantitative estimate of drug-likeness (QED) is 0.910. The molecule has 0 unspecified atom stereocenters. The normalized spacial score (nSPS) is 22.0. The summed E-state index contributed by atoms with van der Waals surface area (Å²) < 4.78 is 0. The second kappa shape index (κ2) is 5.59. The van der Waals surface area contributed by atoms with Gasteiger partial charge in [-0.25, -0.2) is 0 Å². The van der Waals surface area contributed by atoms with Crippen LogP contribution in [0.5, 0.6) is 0 Å². The molecule has 1 saturated heterocycles. The zero-order valence-electron chi connectivity index (χ0n) is 12.9. The molecule has 5 heteroatoms. The van der Waals surface area contributed by atoms with E-state index < -0.39 is 11.1 Å². The minimum Gasteiger partial charge on any atom is -0.349 e. The van der Waals surface area contributed by atoms with Crippen molar-refractivity contribution in [2.45, 2.75) is 57.7 Å². The Morgan fingerprint density at radius 2 is 1.71 bits per heavy atom. The van der Waals surface area contributed by atoms with Gasteiger partial charge in [-0.2, -0.15) is 0 Å². The van der Waals surface area contributed by atoms with E-state index in [0.29, 0.717) is 23.4 Å². The molecule has 0 spiro atoms. The number of halogens is 1. The van der Waals surface area contributed by atoms with Gasteiger partial charge in [0.2, 0.25) is 0 Å². The third-order valence-corrected chi connectivity index (χ3v) is 4.37. The topological polar surface area (TPSA) is 52.2 Å². The van der Waals surface area contributed by atoms with Crippen LogP contribution in [0.2, 0.25) is 5.02 Å². The van der Waals surface area contributed by atoms with Gasteiger partial charge in [0.15, 0.2) is 0 Å². The number of hydrogen-bond acceptors (Lipinski definition) is 2. The maximum atomic E-state index is 12.4. The second-order valence-electron chi connectivity index (χ2n) is 6.98. The molecule has 1 aliphatic heterocycles. The van der Waals surface area contributed by atoms with Crippen molar-refractivity contribution in [1.29, 1.82) is 0 Å². The molecule has 1 aliphatic rings. The maximum absolute atomic E-state index is 12.4. The van der Waals surface area contributed by atoms with E-state index >= 15 is 0 Å². The van der Waals surface area contributed by atoms with Crippen molar-refractivity contribution in [3.8, 4) is 0 Å². The fourth-order valence-corrected chi connectivity index (χ4v) is 3.50. The third-order valence-electron chi connectivity index (χ3n) is 4.05. The summed E-state index contributed by atoms with van der Waals surface area (Å²) in [5.74, 6) is -0.184. The molecule has 1 aromatic rings. The van der Waals surface area contributed by atoms with Crippen LogP contribution in [-0.4, -0.2) is 28.1 Å². The Labute approximate surface area is 131 Å². The predicted octanol–water partition coefficient (Wildman–Crippen LogP) is 3.44. The molecule has 0 aromatic heterocycles. The number of piperidine rings is 1. The number of carbonyl (C=O) groups excluding carboxylic acids is 1. The van der Waals surface area contributed by atoms with Crippen LogP contribution in [0.1, 0.15) is 50.9 Å². The first-order valence-corrected chi connectivity index (χ1v) is 7.54. The van der Waals surface area contributed by atoms with Crippen molar-refractivity contribution >= 4 is 17.5 Å². The van der Waals surface area contributed by atoms with Gasteiger partial charge < -0.3 is 5.32 Å². The Morgan fingerprint density at radius 1 is 1.19 bits per heavy atom. The summed E-state index contributed by atoms with van der Waals surface area (Å²) in [5.41, 5.74) is -0.528. The van der Waals surface area contributed by atoms with Gasteiger partial charge in [0.05, 0.1) is 10.6 Å². The van der Waals surface area contributed by atoms with E-state index in [2.05, 4.69) is 5.32 Å². The van der Waals surface area contributed by atoms with Crippen molar-refractivity contribution in [3.63, 3.8) is 0 Å². The Balaban J connectivity index is 2.14. The van der Waals surface area contributed by atoms with E-state index in [1.54, 1.807) is 24.3 Å². The van der Waals surface area contributed by atoms with Gasteiger partial charge >= 0.3 is 0 Å². The second-order valence-corrected chi connectivity index (χ2v) is 7.38. The van der Waals surface area contributed by atoms with Crippen molar-refractivity contribution in [3.05, 3.63) is 34.9 Å². The Kier molecular flexibility index (Phi) is 4.34. The van der Waals surface area contributed by atoms with Gasteiger partial charge in [0.25, 0.3) is 5.91 Å². The SMILES string of the molecule is CC1(C)CC(NC(=O)c2ccccc2Cl)CC(C)(C)N1[O]. The van der Waals surface area contributed by atoms with E-state index in [-0.39, 0.29) is 11.9 Å². The van der Waals surface area contributed by atoms with Crippen LogP contribution >= 0.6 is 11.6 Å². The molecule has 0 aliphatic carbocycles. The van der Waals surface area contributed by atoms with Crippen LogP contribution in [-0.2, 0) is 5.21 Å². The maximum Gasteiger partial charge on any atom is 0.253 e.